The molecule has 0 atom stereocenters. The number of aromatic amines is 1. The molecule has 1 aromatic heterocycles. The number of rotatable bonds is 3. The molecule has 1 heterocycles. The Morgan fingerprint density at radius 2 is 1.95 bits per heavy atom. The second kappa shape index (κ2) is 5.74. The van der Waals surface area contributed by atoms with Crippen molar-refractivity contribution >= 4 is 44.1 Å². The average molecular weight is 364 g/mol. The number of halogens is 2. The van der Waals surface area contributed by atoms with Crippen LogP contribution in [0.3, 0.4) is 0 Å². The van der Waals surface area contributed by atoms with Gasteiger partial charge in [0.15, 0.2) is 0 Å². The maximum Gasteiger partial charge on any atom is 0.0710 e. The predicted molar refractivity (Wildman–Crippen MR) is 94.3 cm³/mol. The maximum absolute atomic E-state index is 6.45. The van der Waals surface area contributed by atoms with E-state index in [1.165, 1.54) is 11.1 Å². The topological polar surface area (TPSA) is 27.8 Å². The predicted octanol–water partition coefficient (Wildman–Crippen LogP) is 5.81. The molecule has 0 radical (unpaired) electrons. The Hall–Kier alpha value is -1.45. The molecule has 2 nitrogen and oxygen atoms in total. The van der Waals surface area contributed by atoms with Gasteiger partial charge in [-0.1, -0.05) is 35.9 Å². The Kier molecular flexibility index (Phi) is 3.96. The molecular formula is C17H16BrClN2. The zero-order chi connectivity index (χ0) is 15.0. The van der Waals surface area contributed by atoms with Crippen molar-refractivity contribution in [3.05, 3.63) is 62.7 Å². The van der Waals surface area contributed by atoms with Crippen LogP contribution in [0.1, 0.15) is 16.8 Å². The highest BCUT2D eigenvalue weighted by Gasteiger charge is 2.10. The lowest BCUT2D eigenvalue weighted by Crippen LogP contribution is -2.03. The molecule has 3 rings (SSSR count). The van der Waals surface area contributed by atoms with E-state index in [2.05, 4.69) is 52.2 Å². The quantitative estimate of drug-likeness (QED) is 0.603. The first kappa shape index (κ1) is 14.5. The summed E-state index contributed by atoms with van der Waals surface area (Å²) < 4.78 is 1.08. The lowest BCUT2D eigenvalue weighted by Gasteiger charge is -2.12. The van der Waals surface area contributed by atoms with Crippen LogP contribution >= 0.6 is 27.5 Å². The first-order chi connectivity index (χ1) is 10.1. The molecule has 0 aliphatic carbocycles. The molecule has 0 aliphatic rings. The number of hydrogen-bond acceptors (Lipinski definition) is 1. The van der Waals surface area contributed by atoms with Crippen molar-refractivity contribution in [1.29, 1.82) is 0 Å². The Labute approximate surface area is 137 Å². The minimum absolute atomic E-state index is 0.663. The van der Waals surface area contributed by atoms with Crippen LogP contribution < -0.4 is 5.32 Å². The van der Waals surface area contributed by atoms with Gasteiger partial charge in [0.05, 0.1) is 22.9 Å². The lowest BCUT2D eigenvalue weighted by atomic mass is 10.1. The van der Waals surface area contributed by atoms with Gasteiger partial charge in [-0.2, -0.15) is 0 Å². The number of aryl methyl sites for hydroxylation is 2. The minimum atomic E-state index is 0.663. The molecule has 108 valence electrons. The fourth-order valence-electron chi connectivity index (χ4n) is 2.60. The number of benzene rings is 2. The molecule has 0 fully saturated rings. The van der Waals surface area contributed by atoms with Gasteiger partial charge in [0, 0.05) is 15.4 Å². The summed E-state index contributed by atoms with van der Waals surface area (Å²) in [5.74, 6) is 0. The second-order valence-electron chi connectivity index (χ2n) is 5.26. The van der Waals surface area contributed by atoms with Crippen molar-refractivity contribution in [1.82, 2.24) is 4.98 Å². The number of anilines is 1. The molecule has 0 saturated carbocycles. The third-order valence-electron chi connectivity index (χ3n) is 3.59. The molecule has 2 N–H and O–H groups in total. The van der Waals surface area contributed by atoms with Crippen LogP contribution in [0, 0.1) is 13.8 Å². The van der Waals surface area contributed by atoms with Gasteiger partial charge in [-0.25, -0.2) is 0 Å². The van der Waals surface area contributed by atoms with Crippen molar-refractivity contribution < 1.29 is 0 Å². The molecule has 0 bridgehead atoms. The molecule has 4 heteroatoms. The highest BCUT2D eigenvalue weighted by atomic mass is 79.9. The van der Waals surface area contributed by atoms with Crippen LogP contribution in [0.4, 0.5) is 5.69 Å². The third kappa shape index (κ3) is 2.81. The van der Waals surface area contributed by atoms with E-state index in [4.69, 9.17) is 11.6 Å². The Morgan fingerprint density at radius 1 is 1.19 bits per heavy atom. The van der Waals surface area contributed by atoms with Gasteiger partial charge in [-0.3, -0.25) is 0 Å². The Morgan fingerprint density at radius 3 is 2.67 bits per heavy atom. The normalized spacial score (nSPS) is 11.0. The van der Waals surface area contributed by atoms with E-state index in [0.29, 0.717) is 6.54 Å². The maximum atomic E-state index is 6.45. The van der Waals surface area contributed by atoms with Crippen LogP contribution in [0.5, 0.6) is 0 Å². The summed E-state index contributed by atoms with van der Waals surface area (Å²) in [6, 6.07) is 12.4. The summed E-state index contributed by atoms with van der Waals surface area (Å²) in [7, 11) is 0. The van der Waals surface area contributed by atoms with Crippen LogP contribution in [0.2, 0.25) is 5.02 Å². The molecule has 0 saturated heterocycles. The molecule has 21 heavy (non-hydrogen) atoms. The minimum Gasteiger partial charge on any atom is -0.378 e. The summed E-state index contributed by atoms with van der Waals surface area (Å²) in [5.41, 5.74) is 5.64. The SMILES string of the molecule is Cc1cc(C)c(NCc2[nH]c3ccccc3c2Cl)c(Br)c1. The summed E-state index contributed by atoms with van der Waals surface area (Å²) >= 11 is 10.1. The first-order valence-electron chi connectivity index (χ1n) is 6.82. The van der Waals surface area contributed by atoms with Crippen molar-refractivity contribution in [3.63, 3.8) is 0 Å². The van der Waals surface area contributed by atoms with Gasteiger partial charge in [0.1, 0.15) is 0 Å². The summed E-state index contributed by atoms with van der Waals surface area (Å²) in [6.07, 6.45) is 0. The number of para-hydroxylation sites is 1. The van der Waals surface area contributed by atoms with E-state index in [1.54, 1.807) is 0 Å². The molecule has 0 amide bonds. The van der Waals surface area contributed by atoms with Crippen LogP contribution in [0.25, 0.3) is 10.9 Å². The first-order valence-corrected chi connectivity index (χ1v) is 7.99. The Balaban J connectivity index is 1.89. The van der Waals surface area contributed by atoms with Gasteiger partial charge in [0.25, 0.3) is 0 Å². The standard InChI is InChI=1S/C17H16BrClN2/c1-10-7-11(2)17(13(18)8-10)20-9-15-16(19)12-5-3-4-6-14(12)21-15/h3-8,20-21H,9H2,1-2H3. The summed E-state index contributed by atoms with van der Waals surface area (Å²) in [6.45, 7) is 4.86. The van der Waals surface area contributed by atoms with Gasteiger partial charge >= 0.3 is 0 Å². The monoisotopic (exact) mass is 362 g/mol. The number of hydrogen-bond donors (Lipinski definition) is 2. The zero-order valence-electron chi connectivity index (χ0n) is 11.9. The highest BCUT2D eigenvalue weighted by molar-refractivity contribution is 9.10. The number of fused-ring (bicyclic) bond motifs is 1. The molecule has 0 unspecified atom stereocenters. The third-order valence-corrected chi connectivity index (χ3v) is 4.64. The van der Waals surface area contributed by atoms with Gasteiger partial charge in [-0.05, 0) is 53.0 Å². The van der Waals surface area contributed by atoms with Crippen LogP contribution in [-0.4, -0.2) is 4.98 Å². The largest absolute Gasteiger partial charge is 0.378 e. The lowest BCUT2D eigenvalue weighted by molar-refractivity contribution is 1.08. The van der Waals surface area contributed by atoms with Crippen LogP contribution in [-0.2, 0) is 6.54 Å². The number of aromatic nitrogens is 1. The van der Waals surface area contributed by atoms with Crippen molar-refractivity contribution in [2.24, 2.45) is 0 Å². The van der Waals surface area contributed by atoms with Crippen molar-refractivity contribution in [3.8, 4) is 0 Å². The van der Waals surface area contributed by atoms with E-state index in [0.717, 1.165) is 31.8 Å². The van der Waals surface area contributed by atoms with E-state index >= 15 is 0 Å². The zero-order valence-corrected chi connectivity index (χ0v) is 14.3. The molecular weight excluding hydrogens is 348 g/mol. The van der Waals surface area contributed by atoms with Gasteiger partial charge in [-0.15, -0.1) is 0 Å². The molecule has 0 aliphatic heterocycles. The van der Waals surface area contributed by atoms with Crippen molar-refractivity contribution in [2.75, 3.05) is 5.32 Å². The summed E-state index contributed by atoms with van der Waals surface area (Å²) in [5, 5.41) is 5.32. The van der Waals surface area contributed by atoms with E-state index in [1.807, 2.05) is 24.3 Å². The second-order valence-corrected chi connectivity index (χ2v) is 6.49. The van der Waals surface area contributed by atoms with E-state index in [9.17, 15) is 0 Å². The number of nitrogens with one attached hydrogen (secondary N) is 2. The highest BCUT2D eigenvalue weighted by Crippen LogP contribution is 2.31. The van der Waals surface area contributed by atoms with Crippen molar-refractivity contribution in [2.45, 2.75) is 20.4 Å². The van der Waals surface area contributed by atoms with Gasteiger partial charge < -0.3 is 10.3 Å². The Bertz CT molecular complexity index is 785. The molecule has 0 spiro atoms. The fourth-order valence-corrected chi connectivity index (χ4v) is 3.69. The average Bonchev–Trinajstić information content (AvgIpc) is 2.75. The van der Waals surface area contributed by atoms with Gasteiger partial charge in [0.2, 0.25) is 0 Å². The van der Waals surface area contributed by atoms with E-state index < -0.39 is 0 Å². The van der Waals surface area contributed by atoms with E-state index in [-0.39, 0.29) is 0 Å². The van der Waals surface area contributed by atoms with Crippen LogP contribution in [0.15, 0.2) is 40.9 Å². The molecule has 2 aromatic carbocycles. The smallest absolute Gasteiger partial charge is 0.0710 e. The number of H-pyrrole nitrogens is 1. The summed E-state index contributed by atoms with van der Waals surface area (Å²) in [4.78, 5) is 3.37. The fraction of sp³-hybridized carbons (Fsp3) is 0.176. The molecule has 3 aromatic rings.